The number of hydrogen-bond acceptors (Lipinski definition) is 3. The number of carbonyl (C=O) groups is 1. The molecule has 1 fully saturated rings. The highest BCUT2D eigenvalue weighted by Gasteiger charge is 2.29. The Balaban J connectivity index is 2.33. The van der Waals surface area contributed by atoms with Gasteiger partial charge < -0.3 is 15.8 Å². The van der Waals surface area contributed by atoms with Crippen LogP contribution in [0.1, 0.15) is 46.5 Å². The van der Waals surface area contributed by atoms with E-state index in [4.69, 9.17) is 10.5 Å². The van der Waals surface area contributed by atoms with Crippen molar-refractivity contribution in [1.29, 1.82) is 0 Å². The van der Waals surface area contributed by atoms with Crippen LogP contribution >= 0.6 is 0 Å². The molecule has 3 N–H and O–H groups in total. The average molecular weight is 228 g/mol. The molecule has 1 aliphatic rings. The largest absolute Gasteiger partial charge is 0.379 e. The van der Waals surface area contributed by atoms with Crippen LogP contribution in [0, 0.1) is 0 Å². The van der Waals surface area contributed by atoms with Gasteiger partial charge in [-0.15, -0.1) is 0 Å². The average Bonchev–Trinajstić information content (AvgIpc) is 2.14. The van der Waals surface area contributed by atoms with Gasteiger partial charge in [0, 0.05) is 18.6 Å². The summed E-state index contributed by atoms with van der Waals surface area (Å²) in [5.74, 6) is 0.0755. The summed E-state index contributed by atoms with van der Waals surface area (Å²) < 4.78 is 5.39. The second kappa shape index (κ2) is 5.15. The van der Waals surface area contributed by atoms with Crippen LogP contribution < -0.4 is 11.1 Å². The monoisotopic (exact) mass is 228 g/mol. The molecule has 0 spiro atoms. The van der Waals surface area contributed by atoms with E-state index in [0.717, 1.165) is 19.4 Å². The first-order valence-corrected chi connectivity index (χ1v) is 5.98. The molecule has 4 nitrogen and oxygen atoms in total. The molecular weight excluding hydrogens is 204 g/mol. The van der Waals surface area contributed by atoms with Crippen molar-refractivity contribution in [3.63, 3.8) is 0 Å². The van der Waals surface area contributed by atoms with Gasteiger partial charge in [0.05, 0.1) is 12.1 Å². The van der Waals surface area contributed by atoms with Crippen molar-refractivity contribution in [1.82, 2.24) is 5.32 Å². The molecule has 0 aromatic heterocycles. The van der Waals surface area contributed by atoms with Crippen LogP contribution in [0.5, 0.6) is 0 Å². The lowest BCUT2D eigenvalue weighted by Crippen LogP contribution is -2.51. The van der Waals surface area contributed by atoms with E-state index in [1.54, 1.807) is 0 Å². The third kappa shape index (κ3) is 4.94. The van der Waals surface area contributed by atoms with E-state index in [9.17, 15) is 4.79 Å². The normalized spacial score (nSPS) is 26.5. The molecule has 16 heavy (non-hydrogen) atoms. The molecule has 0 aromatic rings. The number of ether oxygens (including phenoxy) is 1. The van der Waals surface area contributed by atoms with E-state index in [2.05, 4.69) is 5.32 Å². The van der Waals surface area contributed by atoms with Gasteiger partial charge in [-0.25, -0.2) is 0 Å². The van der Waals surface area contributed by atoms with Crippen molar-refractivity contribution in [2.24, 2.45) is 5.73 Å². The first-order chi connectivity index (χ1) is 7.31. The molecule has 1 heterocycles. The van der Waals surface area contributed by atoms with Crippen molar-refractivity contribution >= 4 is 5.91 Å². The second-order valence-electron chi connectivity index (χ2n) is 5.75. The molecule has 0 saturated carbocycles. The van der Waals surface area contributed by atoms with Crippen LogP contribution in [0.25, 0.3) is 0 Å². The van der Waals surface area contributed by atoms with Crippen molar-refractivity contribution in [2.45, 2.75) is 57.5 Å². The molecule has 4 heteroatoms. The minimum absolute atomic E-state index is 0.0755. The number of amides is 1. The van der Waals surface area contributed by atoms with Crippen LogP contribution in [0.2, 0.25) is 0 Å². The summed E-state index contributed by atoms with van der Waals surface area (Å²) in [6.07, 6.45) is 3.19. The van der Waals surface area contributed by atoms with Gasteiger partial charge in [0.15, 0.2) is 0 Å². The fourth-order valence-electron chi connectivity index (χ4n) is 1.87. The Morgan fingerprint density at radius 1 is 1.56 bits per heavy atom. The molecule has 1 amide bonds. The maximum absolute atomic E-state index is 11.7. The van der Waals surface area contributed by atoms with E-state index in [-0.39, 0.29) is 17.0 Å². The minimum Gasteiger partial charge on any atom is -0.379 e. The first kappa shape index (κ1) is 13.5. The van der Waals surface area contributed by atoms with Gasteiger partial charge in [-0.2, -0.15) is 0 Å². The number of nitrogens with two attached hydrogens (primary N) is 1. The summed E-state index contributed by atoms with van der Waals surface area (Å²) in [6, 6.07) is 0. The molecule has 1 rings (SSSR count). The molecule has 0 aromatic carbocycles. The maximum Gasteiger partial charge on any atom is 0.220 e. The highest BCUT2D eigenvalue weighted by Crippen LogP contribution is 2.18. The van der Waals surface area contributed by atoms with Crippen molar-refractivity contribution in [2.75, 3.05) is 13.2 Å². The van der Waals surface area contributed by atoms with E-state index in [1.165, 1.54) is 0 Å². The lowest BCUT2D eigenvalue weighted by atomic mass is 9.94. The van der Waals surface area contributed by atoms with E-state index < -0.39 is 0 Å². The number of hydrogen-bond donors (Lipinski definition) is 2. The van der Waals surface area contributed by atoms with Gasteiger partial charge in [0.25, 0.3) is 0 Å². The SMILES string of the molecule is CC(C)(N)CCC(=O)NC1(C)CCCOC1. The fraction of sp³-hybridized carbons (Fsp3) is 0.917. The zero-order valence-corrected chi connectivity index (χ0v) is 10.6. The van der Waals surface area contributed by atoms with Gasteiger partial charge in [0.2, 0.25) is 5.91 Å². The fourth-order valence-corrected chi connectivity index (χ4v) is 1.87. The van der Waals surface area contributed by atoms with Crippen LogP contribution in [0.3, 0.4) is 0 Å². The summed E-state index contributed by atoms with van der Waals surface area (Å²) in [6.45, 7) is 7.33. The van der Waals surface area contributed by atoms with E-state index in [0.29, 0.717) is 19.4 Å². The zero-order chi connectivity index (χ0) is 12.2. The summed E-state index contributed by atoms with van der Waals surface area (Å²) in [4.78, 5) is 11.7. The van der Waals surface area contributed by atoms with Crippen LogP contribution in [-0.2, 0) is 9.53 Å². The lowest BCUT2D eigenvalue weighted by molar-refractivity contribution is -0.125. The second-order valence-corrected chi connectivity index (χ2v) is 5.75. The Morgan fingerprint density at radius 3 is 2.75 bits per heavy atom. The van der Waals surface area contributed by atoms with Crippen LogP contribution in [0.15, 0.2) is 0 Å². The third-order valence-corrected chi connectivity index (χ3v) is 2.88. The first-order valence-electron chi connectivity index (χ1n) is 5.98. The maximum atomic E-state index is 11.7. The zero-order valence-electron chi connectivity index (χ0n) is 10.6. The van der Waals surface area contributed by atoms with Crippen molar-refractivity contribution in [3.05, 3.63) is 0 Å². The number of rotatable bonds is 4. The molecular formula is C12H24N2O2. The Hall–Kier alpha value is -0.610. The third-order valence-electron chi connectivity index (χ3n) is 2.88. The molecule has 0 radical (unpaired) electrons. The summed E-state index contributed by atoms with van der Waals surface area (Å²) in [5.41, 5.74) is 5.38. The minimum atomic E-state index is -0.276. The summed E-state index contributed by atoms with van der Waals surface area (Å²) in [5, 5.41) is 3.05. The Kier molecular flexibility index (Phi) is 4.33. The van der Waals surface area contributed by atoms with Crippen LogP contribution in [0.4, 0.5) is 0 Å². The van der Waals surface area contributed by atoms with E-state index >= 15 is 0 Å². The van der Waals surface area contributed by atoms with Crippen molar-refractivity contribution < 1.29 is 9.53 Å². The van der Waals surface area contributed by atoms with Gasteiger partial charge in [-0.3, -0.25) is 4.79 Å². The van der Waals surface area contributed by atoms with Gasteiger partial charge >= 0.3 is 0 Å². The quantitative estimate of drug-likeness (QED) is 0.759. The summed E-state index contributed by atoms with van der Waals surface area (Å²) in [7, 11) is 0. The number of carbonyl (C=O) groups excluding carboxylic acids is 1. The molecule has 1 saturated heterocycles. The van der Waals surface area contributed by atoms with Gasteiger partial charge in [-0.1, -0.05) is 0 Å². The van der Waals surface area contributed by atoms with Crippen molar-refractivity contribution in [3.8, 4) is 0 Å². The van der Waals surface area contributed by atoms with E-state index in [1.807, 2.05) is 20.8 Å². The predicted octanol–water partition coefficient (Wildman–Crippen LogP) is 1.19. The molecule has 1 aliphatic heterocycles. The standard InChI is InChI=1S/C12H24N2O2/c1-11(2,13)7-5-10(15)14-12(3)6-4-8-16-9-12/h4-9,13H2,1-3H3,(H,14,15). The van der Waals surface area contributed by atoms with Crippen LogP contribution in [-0.4, -0.2) is 30.2 Å². The smallest absolute Gasteiger partial charge is 0.220 e. The Bertz CT molecular complexity index is 240. The molecule has 1 atom stereocenters. The lowest BCUT2D eigenvalue weighted by Gasteiger charge is -2.34. The molecule has 94 valence electrons. The highest BCUT2D eigenvalue weighted by atomic mass is 16.5. The molecule has 0 bridgehead atoms. The molecule has 1 unspecified atom stereocenters. The Morgan fingerprint density at radius 2 is 2.25 bits per heavy atom. The topological polar surface area (TPSA) is 64.4 Å². The van der Waals surface area contributed by atoms with Gasteiger partial charge in [0.1, 0.15) is 0 Å². The molecule has 0 aliphatic carbocycles. The number of nitrogens with one attached hydrogen (secondary N) is 1. The highest BCUT2D eigenvalue weighted by molar-refractivity contribution is 5.76. The Labute approximate surface area is 97.9 Å². The predicted molar refractivity (Wildman–Crippen MR) is 64.1 cm³/mol. The van der Waals surface area contributed by atoms with Gasteiger partial charge in [-0.05, 0) is 40.0 Å². The summed E-state index contributed by atoms with van der Waals surface area (Å²) >= 11 is 0.